The summed E-state index contributed by atoms with van der Waals surface area (Å²) in [6.45, 7) is 1.71. The van der Waals surface area contributed by atoms with Crippen LogP contribution < -0.4 is 9.64 Å². The third kappa shape index (κ3) is 3.22. The van der Waals surface area contributed by atoms with Gasteiger partial charge in [0.25, 0.3) is 0 Å². The molecule has 0 amide bonds. The number of hydrogen-bond donors (Lipinski definition) is 2. The molecule has 0 atom stereocenters. The van der Waals surface area contributed by atoms with Gasteiger partial charge in [0.2, 0.25) is 5.78 Å². The van der Waals surface area contributed by atoms with Crippen LogP contribution in [0.1, 0.15) is 19.3 Å². The molecule has 0 bridgehead atoms. The van der Waals surface area contributed by atoms with Crippen LogP contribution in [0.2, 0.25) is 0 Å². The number of para-hydroxylation sites is 1. The SMILES string of the molecule is BC(O)(O)CC1CCN(c2ccn3c(n2)nc2cccc(OC)c23)CC1. The fourth-order valence-corrected chi connectivity index (χ4v) is 3.86. The molecule has 3 aromatic rings. The second kappa shape index (κ2) is 6.44. The highest BCUT2D eigenvalue weighted by atomic mass is 16.5. The number of benzene rings is 1. The second-order valence-electron chi connectivity index (χ2n) is 7.25. The number of fused-ring (bicyclic) bond motifs is 3. The minimum absolute atomic E-state index is 0.327. The molecule has 0 spiro atoms. The van der Waals surface area contributed by atoms with Crippen molar-refractivity contribution < 1.29 is 14.9 Å². The van der Waals surface area contributed by atoms with Crippen LogP contribution in [0.15, 0.2) is 30.5 Å². The van der Waals surface area contributed by atoms with E-state index in [0.717, 1.165) is 48.5 Å². The zero-order chi connectivity index (χ0) is 18.3. The van der Waals surface area contributed by atoms with Crippen molar-refractivity contribution in [2.75, 3.05) is 25.1 Å². The van der Waals surface area contributed by atoms with E-state index in [4.69, 9.17) is 9.72 Å². The van der Waals surface area contributed by atoms with Gasteiger partial charge in [0, 0.05) is 19.3 Å². The Morgan fingerprint density at radius 3 is 2.69 bits per heavy atom. The number of anilines is 1. The van der Waals surface area contributed by atoms with Crippen LogP contribution in [0, 0.1) is 5.92 Å². The molecule has 1 aliphatic heterocycles. The van der Waals surface area contributed by atoms with Gasteiger partial charge in [-0.3, -0.25) is 4.40 Å². The monoisotopic (exact) mass is 354 g/mol. The minimum Gasteiger partial charge on any atom is -0.494 e. The maximum atomic E-state index is 9.59. The lowest BCUT2D eigenvalue weighted by Crippen LogP contribution is -2.38. The van der Waals surface area contributed by atoms with E-state index in [2.05, 4.69) is 9.88 Å². The summed E-state index contributed by atoms with van der Waals surface area (Å²) in [5, 5.41) is 19.2. The molecular weight excluding hydrogens is 331 g/mol. The van der Waals surface area contributed by atoms with E-state index < -0.39 is 5.69 Å². The van der Waals surface area contributed by atoms with Crippen LogP contribution in [0.25, 0.3) is 16.8 Å². The van der Waals surface area contributed by atoms with Gasteiger partial charge in [-0.1, -0.05) is 6.07 Å². The van der Waals surface area contributed by atoms with Gasteiger partial charge >= 0.3 is 0 Å². The summed E-state index contributed by atoms with van der Waals surface area (Å²) in [4.78, 5) is 11.6. The van der Waals surface area contributed by atoms with Gasteiger partial charge in [0.05, 0.1) is 12.6 Å². The molecule has 1 fully saturated rings. The van der Waals surface area contributed by atoms with Crippen molar-refractivity contribution in [3.63, 3.8) is 0 Å². The summed E-state index contributed by atoms with van der Waals surface area (Å²) in [5.41, 5.74) is 0.199. The van der Waals surface area contributed by atoms with E-state index >= 15 is 0 Å². The summed E-state index contributed by atoms with van der Waals surface area (Å²) >= 11 is 0. The van der Waals surface area contributed by atoms with Crippen LogP contribution in [0.5, 0.6) is 5.75 Å². The number of aliphatic hydroxyl groups is 2. The molecule has 4 rings (SSSR count). The third-order valence-electron chi connectivity index (χ3n) is 5.08. The van der Waals surface area contributed by atoms with E-state index in [1.54, 1.807) is 7.11 Å². The van der Waals surface area contributed by atoms with Gasteiger partial charge in [0.1, 0.15) is 22.8 Å². The highest BCUT2D eigenvalue weighted by Gasteiger charge is 2.26. The molecule has 3 heterocycles. The van der Waals surface area contributed by atoms with Crippen molar-refractivity contribution in [2.45, 2.75) is 24.9 Å². The average Bonchev–Trinajstić information content (AvgIpc) is 2.98. The molecule has 0 aliphatic carbocycles. The summed E-state index contributed by atoms with van der Waals surface area (Å²) in [6, 6.07) is 7.81. The topological polar surface area (TPSA) is 83.1 Å². The van der Waals surface area contributed by atoms with E-state index in [0.29, 0.717) is 18.1 Å². The lowest BCUT2D eigenvalue weighted by atomic mass is 9.81. The number of nitrogens with zero attached hydrogens (tertiary/aromatic N) is 4. The molecule has 1 aliphatic rings. The fraction of sp³-hybridized carbons (Fsp3) is 0.444. The highest BCUT2D eigenvalue weighted by molar-refractivity contribution is 6.12. The van der Waals surface area contributed by atoms with E-state index in [1.165, 1.54) is 7.85 Å². The predicted octanol–water partition coefficient (Wildman–Crippen LogP) is 0.769. The predicted molar refractivity (Wildman–Crippen MR) is 102 cm³/mol. The molecule has 7 nitrogen and oxygen atoms in total. The van der Waals surface area contributed by atoms with Crippen molar-refractivity contribution in [2.24, 2.45) is 5.92 Å². The maximum absolute atomic E-state index is 9.59. The smallest absolute Gasteiger partial charge is 0.236 e. The van der Waals surface area contributed by atoms with Crippen molar-refractivity contribution >= 4 is 30.5 Å². The van der Waals surface area contributed by atoms with Crippen LogP contribution in [0.4, 0.5) is 5.82 Å². The van der Waals surface area contributed by atoms with E-state index in [1.807, 2.05) is 34.9 Å². The molecule has 26 heavy (non-hydrogen) atoms. The average molecular weight is 354 g/mol. The number of piperidine rings is 1. The van der Waals surface area contributed by atoms with Crippen LogP contribution in [-0.2, 0) is 0 Å². The van der Waals surface area contributed by atoms with Gasteiger partial charge in [-0.15, -0.1) is 0 Å². The van der Waals surface area contributed by atoms with Gasteiger partial charge in [-0.25, -0.2) is 4.98 Å². The molecule has 1 saturated heterocycles. The minimum atomic E-state index is -1.58. The molecule has 0 saturated carbocycles. The molecule has 0 radical (unpaired) electrons. The zero-order valence-electron chi connectivity index (χ0n) is 15.1. The lowest BCUT2D eigenvalue weighted by Gasteiger charge is -2.34. The number of methoxy groups -OCH3 is 1. The first-order valence-corrected chi connectivity index (χ1v) is 8.96. The number of aromatic nitrogens is 3. The first-order chi connectivity index (χ1) is 12.4. The Labute approximate surface area is 152 Å². The Morgan fingerprint density at radius 2 is 2.00 bits per heavy atom. The number of rotatable bonds is 4. The summed E-state index contributed by atoms with van der Waals surface area (Å²) in [7, 11) is 3.11. The molecule has 2 aromatic heterocycles. The van der Waals surface area contributed by atoms with Crippen molar-refractivity contribution in [1.82, 2.24) is 14.4 Å². The Balaban J connectivity index is 1.58. The van der Waals surface area contributed by atoms with Gasteiger partial charge in [0.15, 0.2) is 7.85 Å². The number of imidazole rings is 1. The molecule has 2 N–H and O–H groups in total. The zero-order valence-corrected chi connectivity index (χ0v) is 15.1. The van der Waals surface area contributed by atoms with Crippen molar-refractivity contribution in [1.29, 1.82) is 0 Å². The Kier molecular flexibility index (Phi) is 4.24. The van der Waals surface area contributed by atoms with E-state index in [9.17, 15) is 10.2 Å². The normalized spacial score (nSPS) is 16.5. The first-order valence-electron chi connectivity index (χ1n) is 8.96. The van der Waals surface area contributed by atoms with Gasteiger partial charge < -0.3 is 19.8 Å². The molecular formula is C18H23BN4O3. The molecule has 0 unspecified atom stereocenters. The molecule has 1 aromatic carbocycles. The number of hydrogen-bond acceptors (Lipinski definition) is 6. The van der Waals surface area contributed by atoms with E-state index in [-0.39, 0.29) is 0 Å². The standard InChI is InChI=1S/C18H23BN4O3/c1-26-14-4-2-3-13-16(14)23-10-7-15(21-17(23)20-13)22-8-5-12(6-9-22)11-18(19,24)25/h2-4,7,10,12,24-25H,5-6,8-9,11,19H2,1H3. The van der Waals surface area contributed by atoms with Crippen molar-refractivity contribution in [3.05, 3.63) is 30.5 Å². The second-order valence-corrected chi connectivity index (χ2v) is 7.25. The molecule has 136 valence electrons. The fourth-order valence-electron chi connectivity index (χ4n) is 3.86. The Morgan fingerprint density at radius 1 is 1.23 bits per heavy atom. The Hall–Kier alpha value is -2.32. The molecule has 8 heteroatoms. The van der Waals surface area contributed by atoms with Crippen LogP contribution in [0.3, 0.4) is 0 Å². The Bertz CT molecular complexity index is 929. The largest absolute Gasteiger partial charge is 0.494 e. The third-order valence-corrected chi connectivity index (χ3v) is 5.08. The maximum Gasteiger partial charge on any atom is 0.236 e. The van der Waals surface area contributed by atoms with Gasteiger partial charge in [-0.05, 0) is 43.4 Å². The highest BCUT2D eigenvalue weighted by Crippen LogP contribution is 2.29. The summed E-state index contributed by atoms with van der Waals surface area (Å²) in [5.74, 6) is 2.66. The quantitative estimate of drug-likeness (QED) is 0.532. The first kappa shape index (κ1) is 17.1. The van der Waals surface area contributed by atoms with Crippen LogP contribution in [-0.4, -0.2) is 58.3 Å². The van der Waals surface area contributed by atoms with Crippen LogP contribution >= 0.6 is 0 Å². The van der Waals surface area contributed by atoms with Gasteiger partial charge in [-0.2, -0.15) is 4.98 Å². The summed E-state index contributed by atoms with van der Waals surface area (Å²) in [6.07, 6.45) is 4.25. The lowest BCUT2D eigenvalue weighted by molar-refractivity contribution is -0.102. The van der Waals surface area contributed by atoms with Crippen molar-refractivity contribution in [3.8, 4) is 5.75 Å². The summed E-state index contributed by atoms with van der Waals surface area (Å²) < 4.78 is 7.40. The number of ether oxygens (including phenoxy) is 1.